The van der Waals surface area contributed by atoms with Crippen molar-refractivity contribution in [2.75, 3.05) is 33.3 Å². The summed E-state index contributed by atoms with van der Waals surface area (Å²) >= 11 is 0. The van der Waals surface area contributed by atoms with Crippen LogP contribution in [0, 0.1) is 11.7 Å². The molecule has 0 unspecified atom stereocenters. The summed E-state index contributed by atoms with van der Waals surface area (Å²) in [5.41, 5.74) is 0.220. The lowest BCUT2D eigenvalue weighted by molar-refractivity contribution is -0.137. The van der Waals surface area contributed by atoms with Gasteiger partial charge in [0.15, 0.2) is 0 Å². The summed E-state index contributed by atoms with van der Waals surface area (Å²) in [5, 5.41) is 0. The van der Waals surface area contributed by atoms with E-state index in [0.29, 0.717) is 31.9 Å². The quantitative estimate of drug-likeness (QED) is 0.830. The third-order valence-electron chi connectivity index (χ3n) is 4.61. The van der Waals surface area contributed by atoms with E-state index in [0.717, 1.165) is 12.8 Å². The Labute approximate surface area is 142 Å². The minimum absolute atomic E-state index is 0.0514. The highest BCUT2D eigenvalue weighted by Gasteiger charge is 2.28. The highest BCUT2D eigenvalue weighted by Crippen LogP contribution is 2.22. The summed E-state index contributed by atoms with van der Waals surface area (Å²) in [7, 11) is 1.45. The van der Waals surface area contributed by atoms with Crippen LogP contribution >= 0.6 is 0 Å². The first-order chi connectivity index (χ1) is 11.5. The van der Waals surface area contributed by atoms with E-state index < -0.39 is 5.82 Å². The van der Waals surface area contributed by atoms with Crippen LogP contribution in [-0.4, -0.2) is 54.9 Å². The second kappa shape index (κ2) is 8.13. The Balaban J connectivity index is 2.03. The van der Waals surface area contributed by atoms with Crippen LogP contribution in [0.1, 0.15) is 37.0 Å². The molecule has 1 saturated heterocycles. The average Bonchev–Trinajstić information content (AvgIpc) is 2.62. The van der Waals surface area contributed by atoms with Crippen molar-refractivity contribution >= 4 is 11.8 Å². The van der Waals surface area contributed by atoms with Gasteiger partial charge in [0.25, 0.3) is 5.91 Å². The number of amides is 2. The third kappa shape index (κ3) is 3.86. The molecular formula is C18H25FN2O3. The molecular weight excluding hydrogens is 311 g/mol. The monoisotopic (exact) mass is 336 g/mol. The molecule has 0 saturated carbocycles. The lowest BCUT2D eigenvalue weighted by Gasteiger charge is -2.36. The molecule has 0 aliphatic carbocycles. The topological polar surface area (TPSA) is 49.9 Å². The maximum absolute atomic E-state index is 13.5. The molecule has 1 aromatic carbocycles. The van der Waals surface area contributed by atoms with Crippen LogP contribution < -0.4 is 4.74 Å². The van der Waals surface area contributed by atoms with Crippen molar-refractivity contribution in [3.63, 3.8) is 0 Å². The van der Waals surface area contributed by atoms with Crippen LogP contribution in [0.5, 0.6) is 5.75 Å². The molecule has 0 atom stereocenters. The van der Waals surface area contributed by atoms with Gasteiger partial charge >= 0.3 is 0 Å². The number of methoxy groups -OCH3 is 1. The van der Waals surface area contributed by atoms with Gasteiger partial charge in [-0.25, -0.2) is 4.39 Å². The fourth-order valence-electron chi connectivity index (χ4n) is 3.04. The summed E-state index contributed by atoms with van der Waals surface area (Å²) in [5.74, 6) is -0.161. The molecule has 1 fully saturated rings. The average molecular weight is 336 g/mol. The summed E-state index contributed by atoms with van der Waals surface area (Å²) in [6.45, 7) is 5.95. The molecule has 6 heteroatoms. The minimum Gasteiger partial charge on any atom is -0.496 e. The number of piperazine rings is 1. The van der Waals surface area contributed by atoms with Crippen LogP contribution in [0.3, 0.4) is 0 Å². The van der Waals surface area contributed by atoms with Crippen LogP contribution in [0.4, 0.5) is 4.39 Å². The Kier molecular flexibility index (Phi) is 6.17. The van der Waals surface area contributed by atoms with Gasteiger partial charge < -0.3 is 14.5 Å². The van der Waals surface area contributed by atoms with Gasteiger partial charge in [0.1, 0.15) is 11.6 Å². The van der Waals surface area contributed by atoms with E-state index in [1.165, 1.54) is 25.3 Å². The summed E-state index contributed by atoms with van der Waals surface area (Å²) in [6.07, 6.45) is 1.66. The minimum atomic E-state index is -0.471. The number of nitrogens with zero attached hydrogens (tertiary/aromatic N) is 2. The van der Waals surface area contributed by atoms with Gasteiger partial charge in [0.2, 0.25) is 5.91 Å². The van der Waals surface area contributed by atoms with Gasteiger partial charge in [0, 0.05) is 32.1 Å². The lowest BCUT2D eigenvalue weighted by atomic mass is 10.0. The van der Waals surface area contributed by atoms with Crippen LogP contribution in [0.25, 0.3) is 0 Å². The Morgan fingerprint density at radius 2 is 1.71 bits per heavy atom. The number of hydrogen-bond donors (Lipinski definition) is 0. The maximum Gasteiger partial charge on any atom is 0.257 e. The normalized spacial score (nSPS) is 14.9. The molecule has 0 radical (unpaired) electrons. The van der Waals surface area contributed by atoms with Gasteiger partial charge in [-0.15, -0.1) is 0 Å². The van der Waals surface area contributed by atoms with Crippen molar-refractivity contribution in [1.82, 2.24) is 9.80 Å². The molecule has 0 bridgehead atoms. The molecule has 24 heavy (non-hydrogen) atoms. The molecule has 0 aromatic heterocycles. The molecule has 132 valence electrons. The smallest absolute Gasteiger partial charge is 0.257 e. The third-order valence-corrected chi connectivity index (χ3v) is 4.61. The Hall–Kier alpha value is -2.11. The van der Waals surface area contributed by atoms with Crippen LogP contribution in [-0.2, 0) is 4.79 Å². The number of carbonyl (C=O) groups excluding carboxylic acids is 2. The van der Waals surface area contributed by atoms with Crippen LogP contribution in [0.15, 0.2) is 18.2 Å². The fraction of sp³-hybridized carbons (Fsp3) is 0.556. The first-order valence-electron chi connectivity index (χ1n) is 8.43. The predicted octanol–water partition coefficient (Wildman–Crippen LogP) is 2.55. The number of rotatable bonds is 5. The number of hydrogen-bond acceptors (Lipinski definition) is 3. The zero-order chi connectivity index (χ0) is 17.7. The largest absolute Gasteiger partial charge is 0.496 e. The lowest BCUT2D eigenvalue weighted by Crippen LogP contribution is -2.52. The maximum atomic E-state index is 13.5. The molecule has 2 rings (SSSR count). The SMILES string of the molecule is CCC(CC)C(=O)N1CCN(C(=O)c2cc(F)ccc2OC)CC1. The number of carbonyl (C=O) groups is 2. The molecule has 1 aromatic rings. The van der Waals surface area contributed by atoms with E-state index >= 15 is 0 Å². The van der Waals surface area contributed by atoms with Crippen LogP contribution in [0.2, 0.25) is 0 Å². The van der Waals surface area contributed by atoms with Crippen molar-refractivity contribution in [3.05, 3.63) is 29.6 Å². The van der Waals surface area contributed by atoms with Crippen molar-refractivity contribution in [2.24, 2.45) is 5.92 Å². The highest BCUT2D eigenvalue weighted by atomic mass is 19.1. The molecule has 1 aliphatic heterocycles. The molecule has 1 aliphatic rings. The van der Waals surface area contributed by atoms with Crippen molar-refractivity contribution in [3.8, 4) is 5.75 Å². The molecule has 2 amide bonds. The Morgan fingerprint density at radius 3 is 2.25 bits per heavy atom. The van der Waals surface area contributed by atoms with E-state index in [9.17, 15) is 14.0 Å². The number of ether oxygens (including phenoxy) is 1. The molecule has 5 nitrogen and oxygen atoms in total. The summed E-state index contributed by atoms with van der Waals surface area (Å²) < 4.78 is 18.6. The van der Waals surface area contributed by atoms with Gasteiger partial charge in [0.05, 0.1) is 12.7 Å². The summed E-state index contributed by atoms with van der Waals surface area (Å²) in [4.78, 5) is 28.5. The first-order valence-corrected chi connectivity index (χ1v) is 8.43. The highest BCUT2D eigenvalue weighted by molar-refractivity contribution is 5.97. The zero-order valence-electron chi connectivity index (χ0n) is 14.5. The number of halogens is 1. The molecule has 0 N–H and O–H groups in total. The second-order valence-electron chi connectivity index (χ2n) is 5.98. The zero-order valence-corrected chi connectivity index (χ0v) is 14.5. The van der Waals surface area contributed by atoms with E-state index in [-0.39, 0.29) is 23.3 Å². The molecule has 1 heterocycles. The van der Waals surface area contributed by atoms with Gasteiger partial charge in [-0.3, -0.25) is 9.59 Å². The van der Waals surface area contributed by atoms with E-state index in [1.54, 1.807) is 4.90 Å². The van der Waals surface area contributed by atoms with Gasteiger partial charge in [-0.1, -0.05) is 13.8 Å². The number of benzene rings is 1. The standard InChI is InChI=1S/C18H25FN2O3/c1-4-13(5-2)17(22)20-8-10-21(11-9-20)18(23)15-12-14(19)6-7-16(15)24-3/h6-7,12-13H,4-5,8-11H2,1-3H3. The van der Waals surface area contributed by atoms with Gasteiger partial charge in [-0.05, 0) is 31.0 Å². The Morgan fingerprint density at radius 1 is 1.12 bits per heavy atom. The van der Waals surface area contributed by atoms with E-state index in [4.69, 9.17) is 4.74 Å². The Bertz CT molecular complexity index is 594. The van der Waals surface area contributed by atoms with Crippen molar-refractivity contribution in [1.29, 1.82) is 0 Å². The van der Waals surface area contributed by atoms with Crippen molar-refractivity contribution in [2.45, 2.75) is 26.7 Å². The second-order valence-corrected chi connectivity index (χ2v) is 5.98. The predicted molar refractivity (Wildman–Crippen MR) is 89.5 cm³/mol. The fourth-order valence-corrected chi connectivity index (χ4v) is 3.04. The van der Waals surface area contributed by atoms with E-state index in [1.807, 2.05) is 18.7 Å². The first kappa shape index (κ1) is 18.2. The van der Waals surface area contributed by atoms with Crippen molar-refractivity contribution < 1.29 is 18.7 Å². The van der Waals surface area contributed by atoms with Gasteiger partial charge in [-0.2, -0.15) is 0 Å². The summed E-state index contributed by atoms with van der Waals surface area (Å²) in [6, 6.07) is 3.92. The molecule has 0 spiro atoms. The van der Waals surface area contributed by atoms with E-state index in [2.05, 4.69) is 0 Å².